The molecule has 1 rings (SSSR count). The van der Waals surface area contributed by atoms with Gasteiger partial charge in [-0.05, 0) is 36.6 Å². The molecule has 0 heterocycles. The Morgan fingerprint density at radius 3 is 2.05 bits per heavy atom. The van der Waals surface area contributed by atoms with Gasteiger partial charge in [-0.15, -0.1) is 0 Å². The van der Waals surface area contributed by atoms with E-state index in [9.17, 15) is 0 Å². The van der Waals surface area contributed by atoms with Gasteiger partial charge in [0.1, 0.15) is 11.5 Å². The van der Waals surface area contributed by atoms with Crippen LogP contribution in [-0.2, 0) is 0 Å². The van der Waals surface area contributed by atoms with Crippen molar-refractivity contribution in [2.24, 2.45) is 5.92 Å². The largest absolute Gasteiger partial charge is 0.458 e. The molecule has 1 aromatic rings. The van der Waals surface area contributed by atoms with Crippen molar-refractivity contribution in [3.8, 4) is 5.75 Å². The van der Waals surface area contributed by atoms with E-state index in [0.717, 1.165) is 17.9 Å². The van der Waals surface area contributed by atoms with E-state index in [2.05, 4.69) is 32.9 Å². The highest BCUT2D eigenvalue weighted by Crippen LogP contribution is 2.14. The molecule has 0 unspecified atom stereocenters. The minimum absolute atomic E-state index is 0.541. The van der Waals surface area contributed by atoms with Crippen LogP contribution in [0.2, 0.25) is 0 Å². The molecule has 1 heteroatoms. The van der Waals surface area contributed by atoms with Gasteiger partial charge in [0.2, 0.25) is 0 Å². The predicted molar refractivity (Wildman–Crippen MR) is 92.1 cm³/mol. The first kappa shape index (κ1) is 20.8. The zero-order valence-electron chi connectivity index (χ0n) is 14.3. The number of hydrogen-bond donors (Lipinski definition) is 0. The lowest BCUT2D eigenvalue weighted by molar-refractivity contribution is 0.441. The van der Waals surface area contributed by atoms with Gasteiger partial charge in [-0.2, -0.15) is 0 Å². The molecule has 0 aliphatic rings. The van der Waals surface area contributed by atoms with E-state index in [1.807, 2.05) is 64.1 Å². The third kappa shape index (κ3) is 11.6. The molecular formula is C19H32O. The van der Waals surface area contributed by atoms with Crippen molar-refractivity contribution in [3.05, 3.63) is 54.3 Å². The summed E-state index contributed by atoms with van der Waals surface area (Å²) >= 11 is 0. The molecule has 0 aromatic heterocycles. The monoisotopic (exact) mass is 276 g/mol. The highest BCUT2D eigenvalue weighted by atomic mass is 16.5. The van der Waals surface area contributed by atoms with Crippen molar-refractivity contribution in [2.45, 2.75) is 54.9 Å². The van der Waals surface area contributed by atoms with Gasteiger partial charge in [-0.25, -0.2) is 0 Å². The van der Waals surface area contributed by atoms with Crippen LogP contribution in [0.4, 0.5) is 0 Å². The fourth-order valence-electron chi connectivity index (χ4n) is 1.26. The second-order valence-corrected chi connectivity index (χ2v) is 4.03. The zero-order chi connectivity index (χ0) is 15.8. The normalized spacial score (nSPS) is 10.5. The second-order valence-electron chi connectivity index (χ2n) is 4.03. The Morgan fingerprint density at radius 2 is 1.60 bits per heavy atom. The van der Waals surface area contributed by atoms with E-state index < -0.39 is 0 Å². The highest BCUT2D eigenvalue weighted by Gasteiger charge is 1.96. The van der Waals surface area contributed by atoms with E-state index in [1.165, 1.54) is 0 Å². The van der Waals surface area contributed by atoms with Crippen molar-refractivity contribution in [1.82, 2.24) is 0 Å². The van der Waals surface area contributed by atoms with Crippen LogP contribution in [-0.4, -0.2) is 0 Å². The van der Waals surface area contributed by atoms with Crippen molar-refractivity contribution in [1.29, 1.82) is 0 Å². The van der Waals surface area contributed by atoms with E-state index in [-0.39, 0.29) is 0 Å². The minimum atomic E-state index is 0.541. The van der Waals surface area contributed by atoms with Crippen LogP contribution >= 0.6 is 0 Å². The smallest absolute Gasteiger partial charge is 0.127 e. The quantitative estimate of drug-likeness (QED) is 0.433. The lowest BCUT2D eigenvalue weighted by Gasteiger charge is -2.06. The van der Waals surface area contributed by atoms with Crippen molar-refractivity contribution in [3.63, 3.8) is 0 Å². The average Bonchev–Trinajstić information content (AvgIpc) is 2.50. The second kappa shape index (κ2) is 15.6. The maximum Gasteiger partial charge on any atom is 0.127 e. The third-order valence-electron chi connectivity index (χ3n) is 2.03. The van der Waals surface area contributed by atoms with Gasteiger partial charge in [0.15, 0.2) is 0 Å². The number of para-hydroxylation sites is 1. The van der Waals surface area contributed by atoms with Gasteiger partial charge in [0.05, 0.1) is 0 Å². The van der Waals surface area contributed by atoms with Gasteiger partial charge in [-0.3, -0.25) is 0 Å². The van der Waals surface area contributed by atoms with Gasteiger partial charge in [0.25, 0.3) is 0 Å². The summed E-state index contributed by atoms with van der Waals surface area (Å²) in [5.74, 6) is 2.35. The summed E-state index contributed by atoms with van der Waals surface area (Å²) in [6, 6.07) is 9.87. The first-order valence-electron chi connectivity index (χ1n) is 7.83. The molecular weight excluding hydrogens is 244 g/mol. The minimum Gasteiger partial charge on any atom is -0.458 e. The standard InChI is InChI=1S/C15H20O.2C2H6/c1-4-8-14(12-11-13(2)3)16-15-9-6-5-7-10-15;2*1-2/h5-13H,4H2,1-3H3;2*1-2H3/b12-11-,14-8+;;. The molecule has 20 heavy (non-hydrogen) atoms. The fourth-order valence-corrected chi connectivity index (χ4v) is 1.26. The van der Waals surface area contributed by atoms with Crippen molar-refractivity contribution >= 4 is 0 Å². The molecule has 0 aliphatic heterocycles. The number of hydrogen-bond acceptors (Lipinski definition) is 1. The van der Waals surface area contributed by atoms with Crippen LogP contribution in [0.3, 0.4) is 0 Å². The van der Waals surface area contributed by atoms with Crippen molar-refractivity contribution in [2.75, 3.05) is 0 Å². The highest BCUT2D eigenvalue weighted by molar-refractivity contribution is 5.26. The summed E-state index contributed by atoms with van der Waals surface area (Å²) in [5.41, 5.74) is 0. The number of benzene rings is 1. The molecule has 0 fully saturated rings. The van der Waals surface area contributed by atoms with Gasteiger partial charge in [-0.1, -0.05) is 72.7 Å². The van der Waals surface area contributed by atoms with Gasteiger partial charge in [0, 0.05) is 0 Å². The molecule has 0 amide bonds. The Bertz CT molecular complexity index is 347. The van der Waals surface area contributed by atoms with E-state index in [4.69, 9.17) is 4.74 Å². The van der Waals surface area contributed by atoms with Crippen molar-refractivity contribution < 1.29 is 4.74 Å². The van der Waals surface area contributed by atoms with Gasteiger partial charge >= 0.3 is 0 Å². The Kier molecular flexibility index (Phi) is 16.2. The van der Waals surface area contributed by atoms with Crippen LogP contribution in [0.1, 0.15) is 54.9 Å². The molecule has 114 valence electrons. The Hall–Kier alpha value is -1.50. The zero-order valence-corrected chi connectivity index (χ0v) is 14.3. The Morgan fingerprint density at radius 1 is 1.05 bits per heavy atom. The van der Waals surface area contributed by atoms with Crippen LogP contribution in [0, 0.1) is 5.92 Å². The maximum atomic E-state index is 5.78. The molecule has 0 radical (unpaired) electrons. The molecule has 1 nitrogen and oxygen atoms in total. The summed E-state index contributed by atoms with van der Waals surface area (Å²) in [7, 11) is 0. The fraction of sp³-hybridized carbons (Fsp3) is 0.474. The maximum absolute atomic E-state index is 5.78. The number of allylic oxidation sites excluding steroid dienone is 3. The predicted octanol–water partition coefficient (Wildman–Crippen LogP) is 6.62. The summed E-state index contributed by atoms with van der Waals surface area (Å²) in [5, 5.41) is 0. The number of rotatable bonds is 5. The van der Waals surface area contributed by atoms with Crippen LogP contribution in [0.15, 0.2) is 54.3 Å². The lowest BCUT2D eigenvalue weighted by Crippen LogP contribution is -1.92. The topological polar surface area (TPSA) is 9.23 Å². The summed E-state index contributed by atoms with van der Waals surface area (Å²) in [4.78, 5) is 0. The molecule has 1 aromatic carbocycles. The van der Waals surface area contributed by atoms with Crippen LogP contribution < -0.4 is 4.74 Å². The molecule has 0 saturated carbocycles. The third-order valence-corrected chi connectivity index (χ3v) is 2.03. The van der Waals surface area contributed by atoms with Crippen LogP contribution in [0.25, 0.3) is 0 Å². The molecule has 0 bridgehead atoms. The molecule has 0 aliphatic carbocycles. The Labute approximate surface area is 126 Å². The SMILES string of the molecule is CC.CC.CC/C=C(\C=C/C(C)C)Oc1ccccc1. The van der Waals surface area contributed by atoms with Crippen LogP contribution in [0.5, 0.6) is 5.75 Å². The van der Waals surface area contributed by atoms with E-state index >= 15 is 0 Å². The Balaban J connectivity index is 0. The summed E-state index contributed by atoms with van der Waals surface area (Å²) < 4.78 is 5.78. The van der Waals surface area contributed by atoms with Gasteiger partial charge < -0.3 is 4.74 Å². The molecule has 0 saturated heterocycles. The first-order chi connectivity index (χ1) is 9.72. The summed E-state index contributed by atoms with van der Waals surface area (Å²) in [6.45, 7) is 14.4. The lowest BCUT2D eigenvalue weighted by atomic mass is 10.2. The molecule has 0 N–H and O–H groups in total. The first-order valence-corrected chi connectivity index (χ1v) is 7.83. The number of ether oxygens (including phenoxy) is 1. The molecule has 0 atom stereocenters. The average molecular weight is 276 g/mol. The summed E-state index contributed by atoms with van der Waals surface area (Å²) in [6.07, 6.45) is 7.25. The molecule has 0 spiro atoms. The van der Waals surface area contributed by atoms with E-state index in [1.54, 1.807) is 0 Å². The van der Waals surface area contributed by atoms with E-state index in [0.29, 0.717) is 5.92 Å².